The summed E-state index contributed by atoms with van der Waals surface area (Å²) in [7, 11) is 2.77. The minimum Gasteiger partial charge on any atom is -0.394 e. The molecule has 0 unspecified atom stereocenters. The van der Waals surface area contributed by atoms with Gasteiger partial charge < -0.3 is 18.4 Å². The van der Waals surface area contributed by atoms with Gasteiger partial charge in [0.05, 0.1) is 0 Å². The van der Waals surface area contributed by atoms with Crippen LogP contribution in [0.3, 0.4) is 0 Å². The van der Waals surface area contributed by atoms with Crippen molar-refractivity contribution in [3.8, 4) is 0 Å². The van der Waals surface area contributed by atoms with Crippen LogP contribution < -0.4 is 0 Å². The highest BCUT2D eigenvalue weighted by atomic mass is 28.4. The summed E-state index contributed by atoms with van der Waals surface area (Å²) < 4.78 is 16.3. The Kier molecular flexibility index (Phi) is 24.2. The van der Waals surface area contributed by atoms with Crippen LogP contribution in [0.5, 0.6) is 0 Å². The largest absolute Gasteiger partial charge is 0.500 e. The molecule has 0 heterocycles. The van der Waals surface area contributed by atoms with E-state index in [1.165, 1.54) is 83.5 Å². The van der Waals surface area contributed by atoms with Gasteiger partial charge in [-0.05, 0) is 20.3 Å². The third-order valence-corrected chi connectivity index (χ3v) is 7.60. The van der Waals surface area contributed by atoms with Crippen LogP contribution in [0, 0.1) is 0 Å². The van der Waals surface area contributed by atoms with Crippen LogP contribution in [0.15, 0.2) is 0 Å². The van der Waals surface area contributed by atoms with Crippen molar-refractivity contribution in [2.45, 2.75) is 123 Å². The molecule has 166 valence electrons. The Morgan fingerprint density at radius 2 is 0.852 bits per heavy atom. The van der Waals surface area contributed by atoms with Crippen molar-refractivity contribution in [3.05, 3.63) is 0 Å². The fraction of sp³-hybridized carbons (Fsp3) is 1.00. The Morgan fingerprint density at radius 1 is 0.593 bits per heavy atom. The van der Waals surface area contributed by atoms with Crippen molar-refractivity contribution >= 4 is 8.80 Å². The predicted octanol–water partition coefficient (Wildman–Crippen LogP) is 6.73. The zero-order valence-corrected chi connectivity index (χ0v) is 20.4. The van der Waals surface area contributed by atoms with E-state index < -0.39 is 8.80 Å². The van der Waals surface area contributed by atoms with Gasteiger partial charge in [-0.2, -0.15) is 0 Å². The third kappa shape index (κ3) is 22.2. The zero-order chi connectivity index (χ0) is 20.8. The highest BCUT2D eigenvalue weighted by Crippen LogP contribution is 2.18. The molecular weight excluding hydrogens is 356 g/mol. The molecular formula is C22H50O4Si. The van der Waals surface area contributed by atoms with Crippen molar-refractivity contribution in [1.82, 2.24) is 0 Å². The first kappa shape index (κ1) is 29.3. The molecule has 0 fully saturated rings. The fourth-order valence-corrected chi connectivity index (χ4v) is 4.89. The molecule has 0 rings (SSSR count). The standard InChI is InChI=1S/C19H42O3Si.C3H8O/c1-5-6-7-8-9-10-11-12-13-14-15-16-17-18-19-23(20-2,21-3)22-4;1-3(2)4/h5-19H2,1-4H3;3-4H,1-2H3. The number of unbranched alkanes of at least 4 members (excludes halogenated alkanes) is 13. The minimum atomic E-state index is -2.32. The summed E-state index contributed by atoms with van der Waals surface area (Å²) in [5.74, 6) is 0. The SMILES string of the molecule is CC(C)O.CCCCCCCCCCCCCCCC[Si](OC)(OC)OC. The number of aliphatic hydroxyl groups is 1. The van der Waals surface area contributed by atoms with Crippen LogP contribution in [0.1, 0.15) is 111 Å². The van der Waals surface area contributed by atoms with E-state index in [4.69, 9.17) is 18.4 Å². The molecule has 1 N–H and O–H groups in total. The van der Waals surface area contributed by atoms with Crippen LogP contribution in [0.2, 0.25) is 6.04 Å². The molecule has 0 aromatic rings. The molecule has 0 radical (unpaired) electrons. The Balaban J connectivity index is 0. The first-order chi connectivity index (χ1) is 13.0. The monoisotopic (exact) mass is 406 g/mol. The summed E-state index contributed by atoms with van der Waals surface area (Å²) in [4.78, 5) is 0. The minimum absolute atomic E-state index is 0.167. The highest BCUT2D eigenvalue weighted by Gasteiger charge is 2.36. The summed E-state index contributed by atoms with van der Waals surface area (Å²) in [6, 6.07) is 0.939. The van der Waals surface area contributed by atoms with E-state index in [1.54, 1.807) is 35.2 Å². The van der Waals surface area contributed by atoms with Crippen molar-refractivity contribution in [2.75, 3.05) is 21.3 Å². The molecule has 4 nitrogen and oxygen atoms in total. The molecule has 0 aromatic carbocycles. The fourth-order valence-electron chi connectivity index (χ4n) is 3.09. The highest BCUT2D eigenvalue weighted by molar-refractivity contribution is 6.60. The summed E-state index contributed by atoms with van der Waals surface area (Å²) >= 11 is 0. The zero-order valence-electron chi connectivity index (χ0n) is 19.4. The lowest BCUT2D eigenvalue weighted by molar-refractivity contribution is 0.122. The van der Waals surface area contributed by atoms with Gasteiger partial charge in [0.15, 0.2) is 0 Å². The number of hydrogen-bond acceptors (Lipinski definition) is 4. The summed E-state index contributed by atoms with van der Waals surface area (Å²) in [6.45, 7) is 5.73. The molecule has 0 aromatic heterocycles. The smallest absolute Gasteiger partial charge is 0.394 e. The van der Waals surface area contributed by atoms with Crippen molar-refractivity contribution in [2.24, 2.45) is 0 Å². The van der Waals surface area contributed by atoms with Crippen LogP contribution in [0.4, 0.5) is 0 Å². The average Bonchev–Trinajstić information content (AvgIpc) is 2.65. The lowest BCUT2D eigenvalue weighted by Gasteiger charge is -2.24. The Morgan fingerprint density at radius 3 is 1.11 bits per heavy atom. The second-order valence-electron chi connectivity index (χ2n) is 7.74. The Hall–Kier alpha value is 0.0569. The van der Waals surface area contributed by atoms with Gasteiger partial charge in [-0.1, -0.05) is 90.4 Å². The van der Waals surface area contributed by atoms with E-state index in [9.17, 15) is 0 Å². The molecule has 5 heteroatoms. The molecule has 0 amide bonds. The van der Waals surface area contributed by atoms with Gasteiger partial charge in [-0.25, -0.2) is 0 Å². The molecule has 0 aliphatic heterocycles. The molecule has 0 saturated heterocycles. The topological polar surface area (TPSA) is 47.9 Å². The van der Waals surface area contributed by atoms with Crippen LogP contribution in [0.25, 0.3) is 0 Å². The normalized spacial score (nSPS) is 11.6. The predicted molar refractivity (Wildman–Crippen MR) is 119 cm³/mol. The van der Waals surface area contributed by atoms with Crippen molar-refractivity contribution < 1.29 is 18.4 Å². The van der Waals surface area contributed by atoms with Gasteiger partial charge in [0.1, 0.15) is 0 Å². The van der Waals surface area contributed by atoms with Crippen molar-refractivity contribution in [1.29, 1.82) is 0 Å². The van der Waals surface area contributed by atoms with E-state index in [1.807, 2.05) is 0 Å². The maximum atomic E-state index is 8.06. The van der Waals surface area contributed by atoms with Crippen LogP contribution in [-0.2, 0) is 13.3 Å². The molecule has 0 spiro atoms. The number of hydrogen-bond donors (Lipinski definition) is 1. The first-order valence-corrected chi connectivity index (χ1v) is 13.2. The van der Waals surface area contributed by atoms with Gasteiger partial charge in [-0.15, -0.1) is 0 Å². The van der Waals surface area contributed by atoms with Crippen LogP contribution in [-0.4, -0.2) is 41.3 Å². The third-order valence-electron chi connectivity index (χ3n) is 4.77. The maximum absolute atomic E-state index is 8.06. The van der Waals surface area contributed by atoms with E-state index in [-0.39, 0.29) is 6.10 Å². The van der Waals surface area contributed by atoms with E-state index in [2.05, 4.69) is 6.92 Å². The number of rotatable bonds is 18. The summed E-state index contributed by atoms with van der Waals surface area (Å²) in [5.41, 5.74) is 0. The molecule has 0 aliphatic rings. The molecule has 0 bridgehead atoms. The van der Waals surface area contributed by atoms with E-state index >= 15 is 0 Å². The second-order valence-corrected chi connectivity index (χ2v) is 10.8. The lowest BCUT2D eigenvalue weighted by atomic mass is 10.0. The average molecular weight is 407 g/mol. The molecule has 0 saturated carbocycles. The quantitative estimate of drug-likeness (QED) is 0.202. The van der Waals surface area contributed by atoms with Gasteiger partial charge in [-0.3, -0.25) is 0 Å². The maximum Gasteiger partial charge on any atom is 0.500 e. The molecule has 27 heavy (non-hydrogen) atoms. The molecule has 0 aliphatic carbocycles. The van der Waals surface area contributed by atoms with Gasteiger partial charge in [0, 0.05) is 33.5 Å². The number of aliphatic hydroxyl groups excluding tert-OH is 1. The van der Waals surface area contributed by atoms with Crippen LogP contribution >= 0.6 is 0 Å². The van der Waals surface area contributed by atoms with E-state index in [0.717, 1.165) is 12.5 Å². The van der Waals surface area contributed by atoms with Gasteiger partial charge >= 0.3 is 8.80 Å². The lowest BCUT2D eigenvalue weighted by Crippen LogP contribution is -2.42. The summed E-state index contributed by atoms with van der Waals surface area (Å²) in [5, 5.41) is 8.06. The Labute approximate surface area is 171 Å². The van der Waals surface area contributed by atoms with Gasteiger partial charge in [0.2, 0.25) is 0 Å². The molecule has 0 atom stereocenters. The Bertz CT molecular complexity index is 260. The summed E-state index contributed by atoms with van der Waals surface area (Å²) in [6.07, 6.45) is 19.2. The van der Waals surface area contributed by atoms with Crippen molar-refractivity contribution in [3.63, 3.8) is 0 Å². The second kappa shape index (κ2) is 22.3. The van der Waals surface area contributed by atoms with E-state index in [0.29, 0.717) is 0 Å². The first-order valence-electron chi connectivity index (χ1n) is 11.3. The van der Waals surface area contributed by atoms with Gasteiger partial charge in [0.25, 0.3) is 0 Å².